The second kappa shape index (κ2) is 5.83. The summed E-state index contributed by atoms with van der Waals surface area (Å²) in [6.07, 6.45) is 0.857. The van der Waals surface area contributed by atoms with Crippen LogP contribution < -0.4 is 10.6 Å². The van der Waals surface area contributed by atoms with E-state index in [9.17, 15) is 18.0 Å². The summed E-state index contributed by atoms with van der Waals surface area (Å²) in [5.74, 6) is 0.378. The van der Waals surface area contributed by atoms with Crippen molar-refractivity contribution in [1.82, 2.24) is 5.32 Å². The molecule has 8 heteroatoms. The molecular formula is C15H18N2O4S2. The van der Waals surface area contributed by atoms with E-state index < -0.39 is 15.4 Å². The van der Waals surface area contributed by atoms with Crippen molar-refractivity contribution in [2.75, 3.05) is 22.6 Å². The molecule has 0 aliphatic carbocycles. The predicted octanol–water partition coefficient (Wildman–Crippen LogP) is 1.43. The first-order valence-electron chi connectivity index (χ1n) is 7.36. The summed E-state index contributed by atoms with van der Waals surface area (Å²) in [4.78, 5) is 25.0. The second-order valence-electron chi connectivity index (χ2n) is 6.21. The number of rotatable bonds is 2. The molecule has 124 valence electrons. The average Bonchev–Trinajstić information content (AvgIpc) is 2.63. The van der Waals surface area contributed by atoms with Crippen molar-refractivity contribution >= 4 is 39.1 Å². The summed E-state index contributed by atoms with van der Waals surface area (Å²) in [6, 6.07) is 5.16. The molecule has 3 rings (SSSR count). The number of hydrogen-bond acceptors (Lipinski definition) is 5. The molecule has 0 aromatic heterocycles. The number of carbonyl (C=O) groups is 2. The second-order valence-corrected chi connectivity index (χ2v) is 9.54. The first-order chi connectivity index (χ1) is 10.8. The lowest BCUT2D eigenvalue weighted by Gasteiger charge is -2.24. The SMILES string of the molecule is CC1(NC(=O)c2ccc3c(c2)NC(=O)CCS3)CCS(=O)(=O)C1. The predicted molar refractivity (Wildman–Crippen MR) is 89.6 cm³/mol. The van der Waals surface area contributed by atoms with Crippen LogP contribution in [0.25, 0.3) is 0 Å². The van der Waals surface area contributed by atoms with Crippen LogP contribution in [0.4, 0.5) is 5.69 Å². The standard InChI is InChI=1S/C15H18N2O4S2/c1-15(5-7-23(20,21)9-15)17-14(19)10-2-3-12-11(8-10)16-13(18)4-6-22-12/h2-3,8H,4-7,9H2,1H3,(H,16,18)(H,17,19). The molecule has 0 spiro atoms. The molecule has 0 saturated carbocycles. The fourth-order valence-corrected chi connectivity index (χ4v) is 5.85. The maximum Gasteiger partial charge on any atom is 0.251 e. The Morgan fingerprint density at radius 3 is 2.87 bits per heavy atom. The number of fused-ring (bicyclic) bond motifs is 1. The number of thioether (sulfide) groups is 1. The first kappa shape index (κ1) is 16.3. The fraction of sp³-hybridized carbons (Fsp3) is 0.467. The molecule has 2 heterocycles. The molecule has 6 nitrogen and oxygen atoms in total. The molecule has 1 fully saturated rings. The summed E-state index contributed by atoms with van der Waals surface area (Å²) >= 11 is 1.57. The smallest absolute Gasteiger partial charge is 0.251 e. The van der Waals surface area contributed by atoms with E-state index >= 15 is 0 Å². The number of benzene rings is 1. The number of amides is 2. The van der Waals surface area contributed by atoms with Crippen molar-refractivity contribution in [3.63, 3.8) is 0 Å². The zero-order chi connectivity index (χ0) is 16.7. The molecule has 1 aromatic carbocycles. The minimum atomic E-state index is -3.08. The number of nitrogens with one attached hydrogen (secondary N) is 2. The van der Waals surface area contributed by atoms with Crippen molar-refractivity contribution in [2.24, 2.45) is 0 Å². The van der Waals surface area contributed by atoms with Crippen LogP contribution in [-0.4, -0.2) is 43.0 Å². The van der Waals surface area contributed by atoms with E-state index in [1.165, 1.54) is 0 Å². The minimum absolute atomic E-state index is 0.0384. The zero-order valence-corrected chi connectivity index (χ0v) is 14.4. The quantitative estimate of drug-likeness (QED) is 0.838. The van der Waals surface area contributed by atoms with E-state index in [2.05, 4.69) is 10.6 Å². The minimum Gasteiger partial charge on any atom is -0.346 e. The van der Waals surface area contributed by atoms with Gasteiger partial charge < -0.3 is 10.6 Å². The normalized spacial score (nSPS) is 26.0. The van der Waals surface area contributed by atoms with Gasteiger partial charge in [0.05, 0.1) is 22.7 Å². The summed E-state index contributed by atoms with van der Waals surface area (Å²) in [5.41, 5.74) is 0.312. The Balaban J connectivity index is 1.79. The van der Waals surface area contributed by atoms with Gasteiger partial charge >= 0.3 is 0 Å². The lowest BCUT2D eigenvalue weighted by molar-refractivity contribution is -0.115. The summed E-state index contributed by atoms with van der Waals surface area (Å²) in [6.45, 7) is 1.75. The van der Waals surface area contributed by atoms with Gasteiger partial charge in [0.15, 0.2) is 9.84 Å². The maximum atomic E-state index is 12.4. The van der Waals surface area contributed by atoms with E-state index in [0.29, 0.717) is 29.8 Å². The van der Waals surface area contributed by atoms with Gasteiger partial charge in [0, 0.05) is 22.6 Å². The van der Waals surface area contributed by atoms with Crippen LogP contribution in [0.2, 0.25) is 0 Å². The third kappa shape index (κ3) is 3.69. The topological polar surface area (TPSA) is 92.3 Å². The summed E-state index contributed by atoms with van der Waals surface area (Å²) in [7, 11) is -3.08. The molecule has 2 aliphatic heterocycles. The lowest BCUT2D eigenvalue weighted by Crippen LogP contribution is -2.46. The van der Waals surface area contributed by atoms with Gasteiger partial charge in [-0.1, -0.05) is 0 Å². The van der Waals surface area contributed by atoms with Gasteiger partial charge in [-0.2, -0.15) is 0 Å². The van der Waals surface area contributed by atoms with E-state index in [1.54, 1.807) is 30.8 Å². The lowest BCUT2D eigenvalue weighted by atomic mass is 10.0. The van der Waals surface area contributed by atoms with Gasteiger partial charge in [0.1, 0.15) is 0 Å². The Hall–Kier alpha value is -1.54. The molecule has 1 aromatic rings. The van der Waals surface area contributed by atoms with Gasteiger partial charge in [-0.15, -0.1) is 11.8 Å². The van der Waals surface area contributed by atoms with Crippen molar-refractivity contribution < 1.29 is 18.0 Å². The maximum absolute atomic E-state index is 12.4. The highest BCUT2D eigenvalue weighted by atomic mass is 32.2. The van der Waals surface area contributed by atoms with Crippen molar-refractivity contribution in [1.29, 1.82) is 0 Å². The highest BCUT2D eigenvalue weighted by Gasteiger charge is 2.39. The summed E-state index contributed by atoms with van der Waals surface area (Å²) in [5, 5.41) is 5.62. The average molecular weight is 354 g/mol. The van der Waals surface area contributed by atoms with Crippen molar-refractivity contribution in [3.8, 4) is 0 Å². The third-order valence-corrected chi connectivity index (χ3v) is 7.00. The highest BCUT2D eigenvalue weighted by Crippen LogP contribution is 2.32. The Labute approximate surface area is 139 Å². The molecule has 2 amide bonds. The number of carbonyl (C=O) groups excluding carboxylic acids is 2. The molecule has 2 N–H and O–H groups in total. The van der Waals surface area contributed by atoms with Crippen LogP contribution in [0, 0.1) is 0 Å². The Morgan fingerprint density at radius 1 is 1.39 bits per heavy atom. The van der Waals surface area contributed by atoms with Gasteiger partial charge in [-0.25, -0.2) is 8.42 Å². The van der Waals surface area contributed by atoms with Gasteiger partial charge in [-0.3, -0.25) is 9.59 Å². The van der Waals surface area contributed by atoms with E-state index in [4.69, 9.17) is 0 Å². The molecule has 0 radical (unpaired) electrons. The van der Waals surface area contributed by atoms with Crippen LogP contribution in [0.1, 0.15) is 30.1 Å². The van der Waals surface area contributed by atoms with E-state index in [0.717, 1.165) is 4.90 Å². The molecule has 2 aliphatic rings. The van der Waals surface area contributed by atoms with Crippen LogP contribution >= 0.6 is 11.8 Å². The summed E-state index contributed by atoms with van der Waals surface area (Å²) < 4.78 is 23.3. The highest BCUT2D eigenvalue weighted by molar-refractivity contribution is 7.99. The van der Waals surface area contributed by atoms with Gasteiger partial charge in [-0.05, 0) is 31.5 Å². The molecular weight excluding hydrogens is 336 g/mol. The molecule has 1 saturated heterocycles. The molecule has 0 bridgehead atoms. The van der Waals surface area contributed by atoms with Crippen molar-refractivity contribution in [2.45, 2.75) is 30.2 Å². The monoisotopic (exact) mass is 354 g/mol. The number of hydrogen-bond donors (Lipinski definition) is 2. The van der Waals surface area contributed by atoms with E-state index in [-0.39, 0.29) is 23.3 Å². The van der Waals surface area contributed by atoms with Crippen LogP contribution in [-0.2, 0) is 14.6 Å². The van der Waals surface area contributed by atoms with Gasteiger partial charge in [0.25, 0.3) is 5.91 Å². The van der Waals surface area contributed by atoms with Crippen LogP contribution in [0.3, 0.4) is 0 Å². The zero-order valence-electron chi connectivity index (χ0n) is 12.7. The van der Waals surface area contributed by atoms with Crippen LogP contribution in [0.5, 0.6) is 0 Å². The van der Waals surface area contributed by atoms with Crippen molar-refractivity contribution in [3.05, 3.63) is 23.8 Å². The molecule has 1 unspecified atom stereocenters. The Kier molecular flexibility index (Phi) is 4.14. The third-order valence-electron chi connectivity index (χ3n) is 4.02. The molecule has 1 atom stereocenters. The molecule has 23 heavy (non-hydrogen) atoms. The fourth-order valence-electron chi connectivity index (χ4n) is 2.82. The Bertz CT molecular complexity index is 776. The number of anilines is 1. The van der Waals surface area contributed by atoms with Crippen LogP contribution in [0.15, 0.2) is 23.1 Å². The van der Waals surface area contributed by atoms with E-state index in [1.807, 2.05) is 6.07 Å². The first-order valence-corrected chi connectivity index (χ1v) is 10.2. The Morgan fingerprint density at radius 2 is 2.17 bits per heavy atom. The number of sulfone groups is 1. The largest absolute Gasteiger partial charge is 0.346 e. The van der Waals surface area contributed by atoms with Gasteiger partial charge in [0.2, 0.25) is 5.91 Å².